The molecule has 5 heavy (non-hydrogen) atoms. The van der Waals surface area contributed by atoms with Crippen LogP contribution in [0, 0.1) is 4.38 Å². The van der Waals surface area contributed by atoms with Crippen molar-refractivity contribution in [1.29, 1.82) is 4.38 Å². The Bertz CT molecular complexity index is 13.6. The molecule has 0 aromatic carbocycles. The van der Waals surface area contributed by atoms with Gasteiger partial charge in [0.25, 0.3) is 0 Å². The van der Waals surface area contributed by atoms with Crippen LogP contribution in [0.4, 0.5) is 0 Å². The van der Waals surface area contributed by atoms with Crippen LogP contribution in [0.1, 0.15) is 0 Å². The molecular formula is H3CuIN2O. The molecule has 0 radical (unpaired) electrons. The van der Waals surface area contributed by atoms with Gasteiger partial charge in [-0.25, -0.2) is 0 Å². The van der Waals surface area contributed by atoms with Crippen molar-refractivity contribution in [3.63, 3.8) is 0 Å². The van der Waals surface area contributed by atoms with Crippen LogP contribution in [0.2, 0.25) is 0 Å². The van der Waals surface area contributed by atoms with Crippen LogP contribution in [0.5, 0.6) is 0 Å². The minimum absolute atomic E-state index is 1.59. The molecule has 0 spiro atoms. The van der Waals surface area contributed by atoms with Gasteiger partial charge in [-0.15, -0.1) is 3.69 Å². The summed E-state index contributed by atoms with van der Waals surface area (Å²) < 4.78 is 7.03. The van der Waals surface area contributed by atoms with E-state index >= 15 is 0 Å². The summed E-state index contributed by atoms with van der Waals surface area (Å²) in [6.45, 7) is 0. The van der Waals surface area contributed by atoms with Crippen molar-refractivity contribution in [1.82, 2.24) is 3.69 Å². The molecule has 0 fully saturated rings. The maximum absolute atomic E-state index is 7.31. The summed E-state index contributed by atoms with van der Waals surface area (Å²) in [4.78, 5) is 0. The molecule has 0 aromatic heterocycles. The topological polar surface area (TPSA) is 56.1 Å². The first-order valence-electron chi connectivity index (χ1n) is 0.563. The zero-order valence-electron chi connectivity index (χ0n) is 2.13. The molecule has 0 aliphatic carbocycles. The molecule has 0 saturated carbocycles. The summed E-state index contributed by atoms with van der Waals surface area (Å²) in [5.41, 5.74) is 0. The fraction of sp³-hybridized carbons (Fsp3) is 0. The van der Waals surface area contributed by atoms with E-state index in [1.54, 1.807) is 26.6 Å². The molecule has 0 amide bonds. The minimum atomic E-state index is 1.59. The Kier molecular flexibility index (Phi) is 37.8. The van der Waals surface area contributed by atoms with Crippen molar-refractivity contribution in [3.05, 3.63) is 0 Å². The zero-order valence-corrected chi connectivity index (χ0v) is 5.23. The van der Waals surface area contributed by atoms with Gasteiger partial charge in [0, 0.05) is 22.9 Å². The molecule has 0 bridgehead atoms. The van der Waals surface area contributed by atoms with E-state index in [1.165, 1.54) is 0 Å². The van der Waals surface area contributed by atoms with E-state index in [0.29, 0.717) is 0 Å². The van der Waals surface area contributed by atoms with Gasteiger partial charge in [-0.2, -0.15) is 0 Å². The Labute approximate surface area is 52.0 Å². The number of hydrogen-bond acceptors (Lipinski definition) is 3. The molecule has 0 atom stereocenters. The number of halogens is 1. The second-order valence-electron chi connectivity index (χ2n) is 0.0845. The normalized spacial score (nSPS) is 4.80. The second-order valence-corrected chi connectivity index (χ2v) is 0.567. The quantitative estimate of drug-likeness (QED) is 0.250. The van der Waals surface area contributed by atoms with Gasteiger partial charge in [0.15, 0.2) is 0 Å². The molecule has 3 nitrogen and oxygen atoms in total. The molecule has 0 rings (SSSR count). The van der Waals surface area contributed by atoms with Crippen LogP contribution in [0.3, 0.4) is 0 Å². The van der Waals surface area contributed by atoms with E-state index in [4.69, 9.17) is 9.59 Å². The van der Waals surface area contributed by atoms with Gasteiger partial charge in [-0.1, -0.05) is 0 Å². The van der Waals surface area contributed by atoms with Crippen LogP contribution in [-0.4, -0.2) is 5.21 Å². The fourth-order valence-electron chi connectivity index (χ4n) is 0. The van der Waals surface area contributed by atoms with E-state index in [9.17, 15) is 0 Å². The van der Waals surface area contributed by atoms with E-state index < -0.39 is 0 Å². The first-order valence-corrected chi connectivity index (χ1v) is 2.11. The van der Waals surface area contributed by atoms with Crippen LogP contribution in [0.25, 0.3) is 0 Å². The van der Waals surface area contributed by atoms with E-state index in [-0.39, 0.29) is 0 Å². The summed E-state index contributed by atoms with van der Waals surface area (Å²) in [7, 11) is 0. The molecule has 5 heteroatoms. The number of rotatable bonds is 0. The van der Waals surface area contributed by atoms with Crippen molar-refractivity contribution in [2.24, 2.45) is 0 Å². The second kappa shape index (κ2) is 20.2. The van der Waals surface area contributed by atoms with E-state index in [2.05, 4.69) is 15.8 Å². The Morgan fingerprint density at radius 3 is 1.80 bits per heavy atom. The molecule has 37 valence electrons. The van der Waals surface area contributed by atoms with Crippen molar-refractivity contribution in [2.45, 2.75) is 0 Å². The SMILES string of the molecule is ONI.[NH]=[Cu]. The standard InChI is InChI=1S/Cu.H2INO.HN/c;1-2-3;/h;2-3H;1H. The Hall–Kier alpha value is 0.969. The van der Waals surface area contributed by atoms with Gasteiger partial charge in [-0.3, -0.25) is 0 Å². The predicted octanol–water partition coefficient (Wildman–Crippen LogP) is 0.611. The third kappa shape index (κ3) is 46.6. The average molecular weight is 237 g/mol. The fourth-order valence-corrected chi connectivity index (χ4v) is 0. The molecule has 0 heterocycles. The third-order valence-electron chi connectivity index (χ3n) is 0. The van der Waals surface area contributed by atoms with Gasteiger partial charge >= 0.3 is 20.2 Å². The average Bonchev–Trinajstić information content (AvgIpc) is 1.46. The molecule has 3 N–H and O–H groups in total. The Morgan fingerprint density at radius 2 is 1.80 bits per heavy atom. The van der Waals surface area contributed by atoms with Crippen LogP contribution >= 0.6 is 22.9 Å². The zero-order chi connectivity index (χ0) is 4.71. The van der Waals surface area contributed by atoms with Crippen molar-refractivity contribution in [3.8, 4) is 0 Å². The third-order valence-corrected chi connectivity index (χ3v) is 0. The molecule has 0 aromatic rings. The van der Waals surface area contributed by atoms with Crippen molar-refractivity contribution < 1.29 is 21.0 Å². The molecular weight excluding hydrogens is 234 g/mol. The molecule has 0 saturated heterocycles. The van der Waals surface area contributed by atoms with Gasteiger partial charge in [0.1, 0.15) is 0 Å². The van der Waals surface area contributed by atoms with E-state index in [1.807, 2.05) is 0 Å². The number of hydrogen-bond donors (Lipinski definition) is 3. The summed E-state index contributed by atoms with van der Waals surface area (Å²) in [5.74, 6) is 0. The molecule has 0 aliphatic heterocycles. The van der Waals surface area contributed by atoms with Gasteiger partial charge in [0.2, 0.25) is 0 Å². The van der Waals surface area contributed by atoms with Gasteiger partial charge in [-0.05, 0) is 0 Å². The predicted molar refractivity (Wildman–Crippen MR) is 21.7 cm³/mol. The number of nitrogens with one attached hydrogen (secondary N) is 2. The van der Waals surface area contributed by atoms with Crippen molar-refractivity contribution >= 4 is 22.9 Å². The Balaban J connectivity index is 0. The first kappa shape index (κ1) is 9.36. The van der Waals surface area contributed by atoms with Crippen LogP contribution in [-0.2, 0) is 15.8 Å². The summed E-state index contributed by atoms with van der Waals surface area (Å²) in [6, 6.07) is 0. The summed E-state index contributed by atoms with van der Waals surface area (Å²) in [6.07, 6.45) is 0. The maximum atomic E-state index is 7.31. The summed E-state index contributed by atoms with van der Waals surface area (Å²) in [5, 5.41) is 7.31. The molecule has 0 aliphatic rings. The van der Waals surface area contributed by atoms with Crippen LogP contribution < -0.4 is 3.69 Å². The first-order chi connectivity index (χ1) is 2.41. The van der Waals surface area contributed by atoms with Crippen molar-refractivity contribution in [2.75, 3.05) is 0 Å². The van der Waals surface area contributed by atoms with Gasteiger partial charge in [0.05, 0.1) is 0 Å². The Morgan fingerprint density at radius 1 is 1.80 bits per heavy atom. The van der Waals surface area contributed by atoms with Gasteiger partial charge < -0.3 is 5.21 Å². The monoisotopic (exact) mass is 237 g/mol. The van der Waals surface area contributed by atoms with E-state index in [0.717, 1.165) is 0 Å². The van der Waals surface area contributed by atoms with Crippen LogP contribution in [0.15, 0.2) is 0 Å². The summed E-state index contributed by atoms with van der Waals surface area (Å²) >= 11 is 5.03. The molecule has 0 unspecified atom stereocenters.